The molecule has 96 valence electrons. The highest BCUT2D eigenvalue weighted by atomic mass is 35.5. The highest BCUT2D eigenvalue weighted by Crippen LogP contribution is 2.11. The van der Waals surface area contributed by atoms with Crippen molar-refractivity contribution in [2.45, 2.75) is 6.54 Å². The second kappa shape index (κ2) is 6.71. The molecule has 19 heavy (non-hydrogen) atoms. The van der Waals surface area contributed by atoms with E-state index in [1.807, 2.05) is 36.7 Å². The SMILES string of the molecule is O=C(C=Cc1cccc(Cl)c1)NCc1cc[nH+]cc1. The van der Waals surface area contributed by atoms with Crippen molar-refractivity contribution >= 4 is 23.6 Å². The van der Waals surface area contributed by atoms with E-state index in [-0.39, 0.29) is 5.91 Å². The molecule has 0 saturated heterocycles. The van der Waals surface area contributed by atoms with Crippen LogP contribution in [-0.4, -0.2) is 5.91 Å². The summed E-state index contributed by atoms with van der Waals surface area (Å²) in [6.45, 7) is 0.507. The molecule has 2 N–H and O–H groups in total. The molecule has 2 aromatic rings. The summed E-state index contributed by atoms with van der Waals surface area (Å²) in [4.78, 5) is 14.6. The van der Waals surface area contributed by atoms with Gasteiger partial charge in [-0.05, 0) is 29.3 Å². The Labute approximate surface area is 116 Å². The molecule has 0 radical (unpaired) electrons. The standard InChI is InChI=1S/C15H13ClN2O/c16-14-3-1-2-12(10-14)4-5-15(19)18-11-13-6-8-17-9-7-13/h1-10H,11H2,(H,18,19)/p+1. The first-order valence-electron chi connectivity index (χ1n) is 5.90. The van der Waals surface area contributed by atoms with E-state index in [1.54, 1.807) is 18.2 Å². The van der Waals surface area contributed by atoms with Crippen molar-refractivity contribution in [3.05, 3.63) is 71.0 Å². The Morgan fingerprint density at radius 2 is 2.05 bits per heavy atom. The summed E-state index contributed by atoms with van der Waals surface area (Å²) < 4.78 is 0. The zero-order valence-electron chi connectivity index (χ0n) is 10.3. The molecule has 0 fully saturated rings. The van der Waals surface area contributed by atoms with Gasteiger partial charge < -0.3 is 5.32 Å². The fraction of sp³-hybridized carbons (Fsp3) is 0.0667. The van der Waals surface area contributed by atoms with Crippen molar-refractivity contribution in [2.75, 3.05) is 0 Å². The van der Waals surface area contributed by atoms with Gasteiger partial charge in [0, 0.05) is 29.8 Å². The van der Waals surface area contributed by atoms with Gasteiger partial charge in [0.05, 0.1) is 0 Å². The van der Waals surface area contributed by atoms with Gasteiger partial charge in [-0.1, -0.05) is 23.7 Å². The van der Waals surface area contributed by atoms with E-state index in [1.165, 1.54) is 6.08 Å². The maximum Gasteiger partial charge on any atom is 0.244 e. The number of aromatic nitrogens is 1. The van der Waals surface area contributed by atoms with Gasteiger partial charge in [0.1, 0.15) is 0 Å². The van der Waals surface area contributed by atoms with E-state index >= 15 is 0 Å². The lowest BCUT2D eigenvalue weighted by molar-refractivity contribution is -0.378. The smallest absolute Gasteiger partial charge is 0.244 e. The lowest BCUT2D eigenvalue weighted by Gasteiger charge is -2.00. The third-order valence-electron chi connectivity index (χ3n) is 2.53. The first-order valence-corrected chi connectivity index (χ1v) is 6.28. The molecule has 1 heterocycles. The van der Waals surface area contributed by atoms with Crippen molar-refractivity contribution < 1.29 is 9.78 Å². The number of rotatable bonds is 4. The van der Waals surface area contributed by atoms with Gasteiger partial charge in [0.2, 0.25) is 5.91 Å². The van der Waals surface area contributed by atoms with Crippen LogP contribution in [0.25, 0.3) is 6.08 Å². The lowest BCUT2D eigenvalue weighted by Crippen LogP contribution is -2.20. The Hall–Kier alpha value is -2.13. The number of halogens is 1. The minimum absolute atomic E-state index is 0.132. The number of carbonyl (C=O) groups excluding carboxylic acids is 1. The molecular formula is C15H14ClN2O+. The molecule has 4 heteroatoms. The fourth-order valence-corrected chi connectivity index (χ4v) is 1.77. The summed E-state index contributed by atoms with van der Waals surface area (Å²) in [6, 6.07) is 11.2. The number of hydrogen-bond acceptors (Lipinski definition) is 1. The monoisotopic (exact) mass is 273 g/mol. The summed E-state index contributed by atoms with van der Waals surface area (Å²) in [7, 11) is 0. The number of amides is 1. The molecule has 1 aromatic carbocycles. The van der Waals surface area contributed by atoms with Crippen LogP contribution in [0.2, 0.25) is 5.02 Å². The first-order chi connectivity index (χ1) is 9.24. The Balaban J connectivity index is 1.88. The summed E-state index contributed by atoms with van der Waals surface area (Å²) in [6.07, 6.45) is 6.88. The Kier molecular flexibility index (Phi) is 4.70. The fourth-order valence-electron chi connectivity index (χ4n) is 1.57. The third kappa shape index (κ3) is 4.56. The predicted octanol–water partition coefficient (Wildman–Crippen LogP) is 2.48. The maximum absolute atomic E-state index is 11.6. The molecule has 0 aliphatic rings. The zero-order chi connectivity index (χ0) is 13.5. The summed E-state index contributed by atoms with van der Waals surface area (Å²) >= 11 is 5.86. The minimum Gasteiger partial charge on any atom is -0.348 e. The van der Waals surface area contributed by atoms with Crippen LogP contribution in [0.3, 0.4) is 0 Å². The van der Waals surface area contributed by atoms with Crippen LogP contribution in [0.15, 0.2) is 54.9 Å². The number of carbonyl (C=O) groups is 1. The van der Waals surface area contributed by atoms with E-state index in [9.17, 15) is 4.79 Å². The molecule has 0 bridgehead atoms. The third-order valence-corrected chi connectivity index (χ3v) is 2.76. The topological polar surface area (TPSA) is 43.2 Å². The molecule has 0 unspecified atom stereocenters. The van der Waals surface area contributed by atoms with E-state index in [0.717, 1.165) is 11.1 Å². The van der Waals surface area contributed by atoms with Gasteiger partial charge in [0.15, 0.2) is 12.4 Å². The van der Waals surface area contributed by atoms with Crippen molar-refractivity contribution in [1.82, 2.24) is 5.32 Å². The van der Waals surface area contributed by atoms with Gasteiger partial charge in [-0.15, -0.1) is 0 Å². The van der Waals surface area contributed by atoms with Crippen LogP contribution in [0.1, 0.15) is 11.1 Å². The van der Waals surface area contributed by atoms with Crippen LogP contribution in [-0.2, 0) is 11.3 Å². The molecule has 1 amide bonds. The molecule has 1 aromatic heterocycles. The molecular weight excluding hydrogens is 260 g/mol. The normalized spacial score (nSPS) is 10.6. The molecule has 0 atom stereocenters. The predicted molar refractivity (Wildman–Crippen MR) is 75.3 cm³/mol. The van der Waals surface area contributed by atoms with E-state index < -0.39 is 0 Å². The Bertz CT molecular complexity index is 582. The van der Waals surface area contributed by atoms with Crippen LogP contribution in [0, 0.1) is 0 Å². The molecule has 0 aliphatic heterocycles. The highest BCUT2D eigenvalue weighted by Gasteiger charge is 1.97. The molecule has 3 nitrogen and oxygen atoms in total. The van der Waals surface area contributed by atoms with Gasteiger partial charge in [-0.2, -0.15) is 0 Å². The van der Waals surface area contributed by atoms with E-state index in [0.29, 0.717) is 11.6 Å². The second-order valence-corrected chi connectivity index (χ2v) is 4.45. The molecule has 0 saturated carbocycles. The number of hydrogen-bond donors (Lipinski definition) is 1. The second-order valence-electron chi connectivity index (χ2n) is 4.01. The van der Waals surface area contributed by atoms with Gasteiger partial charge >= 0.3 is 0 Å². The van der Waals surface area contributed by atoms with E-state index in [4.69, 9.17) is 11.6 Å². The van der Waals surface area contributed by atoms with Crippen molar-refractivity contribution in [2.24, 2.45) is 0 Å². The van der Waals surface area contributed by atoms with Crippen molar-refractivity contribution in [3.63, 3.8) is 0 Å². The van der Waals surface area contributed by atoms with Crippen LogP contribution < -0.4 is 10.3 Å². The quantitative estimate of drug-likeness (QED) is 0.855. The highest BCUT2D eigenvalue weighted by molar-refractivity contribution is 6.30. The number of aromatic amines is 1. The van der Waals surface area contributed by atoms with Crippen LogP contribution in [0.5, 0.6) is 0 Å². The number of benzene rings is 1. The molecule has 2 rings (SSSR count). The van der Waals surface area contributed by atoms with Gasteiger partial charge in [0.25, 0.3) is 0 Å². The summed E-state index contributed by atoms with van der Waals surface area (Å²) in [5, 5.41) is 3.47. The largest absolute Gasteiger partial charge is 0.348 e. The average Bonchev–Trinajstić information content (AvgIpc) is 2.44. The lowest BCUT2D eigenvalue weighted by atomic mass is 10.2. The van der Waals surface area contributed by atoms with Crippen molar-refractivity contribution in [3.8, 4) is 0 Å². The molecule has 0 spiro atoms. The van der Waals surface area contributed by atoms with Crippen LogP contribution >= 0.6 is 11.6 Å². The number of nitrogens with one attached hydrogen (secondary N) is 2. The van der Waals surface area contributed by atoms with Crippen molar-refractivity contribution in [1.29, 1.82) is 0 Å². The number of pyridine rings is 1. The molecule has 0 aliphatic carbocycles. The van der Waals surface area contributed by atoms with Gasteiger partial charge in [-0.3, -0.25) is 4.79 Å². The Morgan fingerprint density at radius 1 is 1.26 bits per heavy atom. The maximum atomic E-state index is 11.6. The van der Waals surface area contributed by atoms with Crippen LogP contribution in [0.4, 0.5) is 0 Å². The number of H-pyrrole nitrogens is 1. The zero-order valence-corrected chi connectivity index (χ0v) is 11.0. The average molecular weight is 274 g/mol. The Morgan fingerprint density at radius 3 is 2.79 bits per heavy atom. The minimum atomic E-state index is -0.132. The summed E-state index contributed by atoms with van der Waals surface area (Å²) in [5.74, 6) is -0.132. The van der Waals surface area contributed by atoms with Gasteiger partial charge in [-0.25, -0.2) is 4.98 Å². The summed E-state index contributed by atoms with van der Waals surface area (Å²) in [5.41, 5.74) is 1.94. The first kappa shape index (κ1) is 13.3. The van der Waals surface area contributed by atoms with E-state index in [2.05, 4.69) is 10.3 Å².